The molecule has 2 N–H and O–H groups in total. The van der Waals surface area contributed by atoms with Gasteiger partial charge in [-0.3, -0.25) is 14.8 Å². The highest BCUT2D eigenvalue weighted by molar-refractivity contribution is 6.33. The number of hydrogen-bond donors (Lipinski definition) is 2. The molecule has 2 aromatic heterocycles. The maximum atomic E-state index is 13.5. The summed E-state index contributed by atoms with van der Waals surface area (Å²) >= 11 is 6.37. The lowest BCUT2D eigenvalue weighted by Gasteiger charge is -2.30. The van der Waals surface area contributed by atoms with E-state index >= 15 is 0 Å². The van der Waals surface area contributed by atoms with Gasteiger partial charge in [-0.2, -0.15) is 28.1 Å². The molecule has 1 saturated heterocycles. The Morgan fingerprint density at radius 1 is 1.31 bits per heavy atom. The number of carboxylic acids is 1. The summed E-state index contributed by atoms with van der Waals surface area (Å²) in [7, 11) is 0. The fraction of sp³-hybridized carbons (Fsp3) is 0.364. The highest BCUT2D eigenvalue weighted by atomic mass is 35.5. The van der Waals surface area contributed by atoms with E-state index in [9.17, 15) is 27.9 Å². The number of anilines is 1. The largest absolute Gasteiger partial charge is 0.476 e. The van der Waals surface area contributed by atoms with Gasteiger partial charge in [0.1, 0.15) is 5.02 Å². The Labute approximate surface area is 206 Å². The van der Waals surface area contributed by atoms with Gasteiger partial charge in [-0.25, -0.2) is 4.79 Å². The predicted octanol–water partition coefficient (Wildman–Crippen LogP) is 2.50. The van der Waals surface area contributed by atoms with Crippen molar-refractivity contribution in [2.75, 3.05) is 24.6 Å². The Balaban J connectivity index is 1.47. The van der Waals surface area contributed by atoms with Gasteiger partial charge >= 0.3 is 12.1 Å². The van der Waals surface area contributed by atoms with Gasteiger partial charge in [0.05, 0.1) is 30.6 Å². The molecule has 1 aromatic carbocycles. The topological polar surface area (TPSA) is 115 Å². The van der Waals surface area contributed by atoms with Crippen LogP contribution in [0.3, 0.4) is 0 Å². The van der Waals surface area contributed by atoms with E-state index in [1.54, 1.807) is 4.90 Å². The maximum absolute atomic E-state index is 13.5. The van der Waals surface area contributed by atoms with Crippen LogP contribution in [0.5, 0.6) is 0 Å². The number of nitrogens with one attached hydrogen (secondary N) is 1. The van der Waals surface area contributed by atoms with E-state index in [-0.39, 0.29) is 35.8 Å². The number of rotatable bonds is 5. The van der Waals surface area contributed by atoms with Gasteiger partial charge in [0.15, 0.2) is 5.69 Å². The van der Waals surface area contributed by atoms with Crippen LogP contribution in [-0.2, 0) is 30.4 Å². The molecule has 190 valence electrons. The molecular weight excluding hydrogens is 505 g/mol. The molecule has 3 aromatic rings. The van der Waals surface area contributed by atoms with E-state index in [0.717, 1.165) is 10.7 Å². The third kappa shape index (κ3) is 4.33. The zero-order chi connectivity index (χ0) is 25.6. The molecule has 0 bridgehead atoms. The van der Waals surface area contributed by atoms with Gasteiger partial charge in [0, 0.05) is 37.3 Å². The molecule has 4 heterocycles. The number of benzene rings is 1. The predicted molar refractivity (Wildman–Crippen MR) is 121 cm³/mol. The fourth-order valence-corrected chi connectivity index (χ4v) is 4.74. The number of carboxylic acid groups (broad SMARTS) is 1. The Morgan fingerprint density at radius 2 is 2.08 bits per heavy atom. The number of halogens is 4. The number of fused-ring (bicyclic) bond motifs is 1. The summed E-state index contributed by atoms with van der Waals surface area (Å²) in [6, 6.07) is 5.11. The van der Waals surface area contributed by atoms with Crippen LogP contribution in [0.1, 0.15) is 39.2 Å². The Kier molecular flexibility index (Phi) is 6.22. The van der Waals surface area contributed by atoms with Crippen molar-refractivity contribution in [3.8, 4) is 0 Å². The minimum absolute atomic E-state index is 0.0201. The molecule has 0 aliphatic carbocycles. The average Bonchev–Trinajstić information content (AvgIpc) is 3.49. The lowest BCUT2D eigenvalue weighted by atomic mass is 10.0. The summed E-state index contributed by atoms with van der Waals surface area (Å²) in [5.41, 5.74) is -0.484. The van der Waals surface area contributed by atoms with E-state index in [0.29, 0.717) is 36.6 Å². The molecule has 14 heteroatoms. The molecule has 0 amide bonds. The second kappa shape index (κ2) is 9.22. The van der Waals surface area contributed by atoms with E-state index in [1.165, 1.54) is 29.1 Å². The third-order valence-corrected chi connectivity index (χ3v) is 6.52. The lowest BCUT2D eigenvalue weighted by molar-refractivity contribution is -0.138. The van der Waals surface area contributed by atoms with Gasteiger partial charge in [0.25, 0.3) is 5.56 Å². The van der Waals surface area contributed by atoms with E-state index < -0.39 is 29.6 Å². The number of aromatic nitrogens is 4. The van der Waals surface area contributed by atoms with Crippen LogP contribution < -0.4 is 15.8 Å². The van der Waals surface area contributed by atoms with Crippen molar-refractivity contribution in [3.05, 3.63) is 73.9 Å². The number of carbonyl (C=O) groups is 1. The quantitative estimate of drug-likeness (QED) is 0.523. The second-order valence-electron chi connectivity index (χ2n) is 8.33. The van der Waals surface area contributed by atoms with Crippen molar-refractivity contribution in [1.29, 1.82) is 0 Å². The van der Waals surface area contributed by atoms with Gasteiger partial charge < -0.3 is 14.7 Å². The molecule has 1 fully saturated rings. The van der Waals surface area contributed by atoms with Crippen LogP contribution in [0.2, 0.25) is 5.02 Å². The van der Waals surface area contributed by atoms with Crippen LogP contribution in [-0.4, -0.2) is 50.3 Å². The SMILES string of the molecule is O=C(O)c1nn(Cc2ccccc2C(F)(F)F)c2c1CN(c1cnn(C3NCCO3)c(=O)c1Cl)CC2. The number of ether oxygens (including phenoxy) is 1. The van der Waals surface area contributed by atoms with Crippen molar-refractivity contribution in [2.24, 2.45) is 0 Å². The molecule has 1 unspecified atom stereocenters. The number of hydrogen-bond acceptors (Lipinski definition) is 7. The number of nitrogens with zero attached hydrogens (tertiary/aromatic N) is 5. The average molecular weight is 525 g/mol. The van der Waals surface area contributed by atoms with Crippen molar-refractivity contribution < 1.29 is 27.8 Å². The zero-order valence-electron chi connectivity index (χ0n) is 18.6. The molecule has 0 radical (unpaired) electrons. The summed E-state index contributed by atoms with van der Waals surface area (Å²) in [6.45, 7) is 1.10. The minimum atomic E-state index is -4.56. The van der Waals surface area contributed by atoms with Crippen LogP contribution in [0.25, 0.3) is 0 Å². The van der Waals surface area contributed by atoms with Gasteiger partial charge in [-0.1, -0.05) is 29.8 Å². The summed E-state index contributed by atoms with van der Waals surface area (Å²) in [5.74, 6) is -1.31. The van der Waals surface area contributed by atoms with Crippen LogP contribution in [0, 0.1) is 0 Å². The fourth-order valence-electron chi connectivity index (χ4n) is 4.49. The van der Waals surface area contributed by atoms with Gasteiger partial charge in [-0.15, -0.1) is 0 Å². The third-order valence-electron chi connectivity index (χ3n) is 6.16. The first kappa shape index (κ1) is 24.3. The standard InChI is InChI=1S/C22H20ClF3N6O4/c23-17-16(9-28-32(19(17)33)21-27-6-8-36-21)30-7-5-15-13(11-30)18(20(34)35)29-31(15)10-12-3-1-2-4-14(12)22(24,25)26/h1-4,9,21,27H,5-8,10-11H2,(H,34,35). The van der Waals surface area contributed by atoms with Crippen LogP contribution in [0.15, 0.2) is 35.3 Å². The first-order valence-corrected chi connectivity index (χ1v) is 11.4. The molecule has 0 saturated carbocycles. The van der Waals surface area contributed by atoms with Crippen molar-refractivity contribution in [1.82, 2.24) is 24.9 Å². The normalized spacial score (nSPS) is 17.9. The smallest absolute Gasteiger partial charge is 0.416 e. The van der Waals surface area contributed by atoms with E-state index in [4.69, 9.17) is 16.3 Å². The highest BCUT2D eigenvalue weighted by Crippen LogP contribution is 2.34. The van der Waals surface area contributed by atoms with Crippen molar-refractivity contribution >= 4 is 23.3 Å². The molecule has 10 nitrogen and oxygen atoms in total. The highest BCUT2D eigenvalue weighted by Gasteiger charge is 2.34. The maximum Gasteiger partial charge on any atom is 0.416 e. The zero-order valence-corrected chi connectivity index (χ0v) is 19.4. The molecule has 5 rings (SSSR count). The van der Waals surface area contributed by atoms with Crippen molar-refractivity contribution in [3.63, 3.8) is 0 Å². The van der Waals surface area contributed by atoms with E-state index in [2.05, 4.69) is 15.5 Å². The molecule has 36 heavy (non-hydrogen) atoms. The summed E-state index contributed by atoms with van der Waals surface area (Å²) in [5, 5.41) is 20.9. The Hall–Kier alpha value is -3.42. The minimum Gasteiger partial charge on any atom is -0.476 e. The summed E-state index contributed by atoms with van der Waals surface area (Å²) in [6.07, 6.45) is -3.61. The number of aromatic carboxylic acids is 1. The van der Waals surface area contributed by atoms with Crippen LogP contribution >= 0.6 is 11.6 Å². The number of alkyl halides is 3. The van der Waals surface area contributed by atoms with E-state index in [1.807, 2.05) is 0 Å². The summed E-state index contributed by atoms with van der Waals surface area (Å²) < 4.78 is 48.2. The molecule has 0 spiro atoms. The molecule has 2 aliphatic rings. The molecule has 2 aliphatic heterocycles. The first-order chi connectivity index (χ1) is 17.1. The van der Waals surface area contributed by atoms with Gasteiger partial charge in [0.2, 0.25) is 6.35 Å². The van der Waals surface area contributed by atoms with Gasteiger partial charge in [-0.05, 0) is 11.6 Å². The molecular formula is C22H20ClF3N6O4. The Morgan fingerprint density at radius 3 is 2.78 bits per heavy atom. The molecule has 1 atom stereocenters. The first-order valence-electron chi connectivity index (χ1n) is 11.0. The summed E-state index contributed by atoms with van der Waals surface area (Å²) in [4.78, 5) is 26.4. The Bertz CT molecular complexity index is 1380. The van der Waals surface area contributed by atoms with Crippen LogP contribution in [0.4, 0.5) is 18.9 Å². The van der Waals surface area contributed by atoms with Crippen molar-refractivity contribution in [2.45, 2.75) is 32.0 Å². The lowest BCUT2D eigenvalue weighted by Crippen LogP contribution is -2.37. The second-order valence-corrected chi connectivity index (χ2v) is 8.71. The monoisotopic (exact) mass is 524 g/mol.